The number of methoxy groups -OCH3 is 2. The number of likely N-dealkylation sites (tertiary alicyclic amines) is 1. The van der Waals surface area contributed by atoms with Crippen LogP contribution in [-0.2, 0) is 14.3 Å². The molecule has 1 aromatic carbocycles. The zero-order chi connectivity index (χ0) is 21.5. The summed E-state index contributed by atoms with van der Waals surface area (Å²) in [6.07, 6.45) is 3.34. The molecule has 1 aliphatic carbocycles. The van der Waals surface area contributed by atoms with Crippen molar-refractivity contribution < 1.29 is 23.9 Å². The SMILES string of the molecule is COCCNC(=O)[C@H](NC(=O)c1ccc(OC)cc1)C1CCN(C(=O)C2CC2)CC1. The zero-order valence-corrected chi connectivity index (χ0v) is 17.7. The number of carbonyl (C=O) groups excluding carboxylic acids is 3. The fraction of sp³-hybridized carbons (Fsp3) is 0.591. The van der Waals surface area contributed by atoms with Gasteiger partial charge in [-0.3, -0.25) is 14.4 Å². The Balaban J connectivity index is 1.64. The van der Waals surface area contributed by atoms with Gasteiger partial charge in [-0.1, -0.05) is 0 Å². The largest absolute Gasteiger partial charge is 0.497 e. The lowest BCUT2D eigenvalue weighted by atomic mass is 9.88. The molecule has 0 bridgehead atoms. The van der Waals surface area contributed by atoms with Crippen molar-refractivity contribution in [1.82, 2.24) is 15.5 Å². The average Bonchev–Trinajstić information content (AvgIpc) is 3.62. The van der Waals surface area contributed by atoms with Crippen LogP contribution in [0.1, 0.15) is 36.0 Å². The molecular formula is C22H31N3O5. The van der Waals surface area contributed by atoms with Crippen LogP contribution in [0, 0.1) is 11.8 Å². The number of hydrogen-bond acceptors (Lipinski definition) is 5. The minimum atomic E-state index is -0.658. The van der Waals surface area contributed by atoms with E-state index in [-0.39, 0.29) is 29.6 Å². The van der Waals surface area contributed by atoms with Crippen molar-refractivity contribution in [2.45, 2.75) is 31.7 Å². The summed E-state index contributed by atoms with van der Waals surface area (Å²) < 4.78 is 10.1. The summed E-state index contributed by atoms with van der Waals surface area (Å²) in [5.74, 6) is 0.536. The van der Waals surface area contributed by atoms with Gasteiger partial charge in [0.15, 0.2) is 0 Å². The first-order valence-corrected chi connectivity index (χ1v) is 10.5. The monoisotopic (exact) mass is 417 g/mol. The van der Waals surface area contributed by atoms with Gasteiger partial charge < -0.3 is 25.0 Å². The van der Waals surface area contributed by atoms with Crippen LogP contribution in [0.3, 0.4) is 0 Å². The van der Waals surface area contributed by atoms with E-state index in [9.17, 15) is 14.4 Å². The van der Waals surface area contributed by atoms with Crippen molar-refractivity contribution >= 4 is 17.7 Å². The summed E-state index contributed by atoms with van der Waals surface area (Å²) in [5, 5.41) is 5.75. The minimum Gasteiger partial charge on any atom is -0.497 e. The molecule has 0 radical (unpaired) electrons. The lowest BCUT2D eigenvalue weighted by Gasteiger charge is -2.36. The Hall–Kier alpha value is -2.61. The van der Waals surface area contributed by atoms with E-state index in [2.05, 4.69) is 10.6 Å². The number of nitrogens with one attached hydrogen (secondary N) is 2. The minimum absolute atomic E-state index is 0.0296. The van der Waals surface area contributed by atoms with Crippen molar-refractivity contribution in [3.8, 4) is 5.75 Å². The summed E-state index contributed by atoms with van der Waals surface area (Å²) in [4.78, 5) is 39.8. The summed E-state index contributed by atoms with van der Waals surface area (Å²) >= 11 is 0. The third-order valence-corrected chi connectivity index (χ3v) is 5.78. The van der Waals surface area contributed by atoms with Gasteiger partial charge in [-0.25, -0.2) is 0 Å². The molecule has 8 nitrogen and oxygen atoms in total. The Morgan fingerprint density at radius 3 is 2.30 bits per heavy atom. The van der Waals surface area contributed by atoms with Gasteiger partial charge >= 0.3 is 0 Å². The highest BCUT2D eigenvalue weighted by Gasteiger charge is 2.38. The number of rotatable bonds is 9. The van der Waals surface area contributed by atoms with Crippen molar-refractivity contribution in [2.24, 2.45) is 11.8 Å². The Morgan fingerprint density at radius 2 is 1.73 bits per heavy atom. The van der Waals surface area contributed by atoms with E-state index in [1.807, 2.05) is 4.90 Å². The highest BCUT2D eigenvalue weighted by Crippen LogP contribution is 2.33. The number of piperidine rings is 1. The molecule has 8 heteroatoms. The number of hydrogen-bond donors (Lipinski definition) is 2. The molecule has 1 atom stereocenters. The third kappa shape index (κ3) is 5.72. The lowest BCUT2D eigenvalue weighted by Crippen LogP contribution is -2.54. The fourth-order valence-electron chi connectivity index (χ4n) is 3.79. The molecule has 3 amide bonds. The molecule has 0 aromatic heterocycles. The Morgan fingerprint density at radius 1 is 1.07 bits per heavy atom. The van der Waals surface area contributed by atoms with Crippen LogP contribution in [0.2, 0.25) is 0 Å². The van der Waals surface area contributed by atoms with Crippen LogP contribution in [0.4, 0.5) is 0 Å². The van der Waals surface area contributed by atoms with Gasteiger partial charge in [0, 0.05) is 38.2 Å². The predicted molar refractivity (Wildman–Crippen MR) is 111 cm³/mol. The Bertz CT molecular complexity index is 740. The van der Waals surface area contributed by atoms with Gasteiger partial charge in [-0.15, -0.1) is 0 Å². The molecule has 2 aliphatic rings. The van der Waals surface area contributed by atoms with E-state index in [0.29, 0.717) is 50.4 Å². The number of amides is 3. The van der Waals surface area contributed by atoms with Gasteiger partial charge in [-0.05, 0) is 55.9 Å². The molecule has 2 fully saturated rings. The highest BCUT2D eigenvalue weighted by atomic mass is 16.5. The molecule has 164 valence electrons. The zero-order valence-electron chi connectivity index (χ0n) is 17.7. The number of carbonyl (C=O) groups is 3. The summed E-state index contributed by atoms with van der Waals surface area (Å²) in [7, 11) is 3.14. The molecule has 3 rings (SSSR count). The molecule has 1 saturated heterocycles. The van der Waals surface area contributed by atoms with Gasteiger partial charge in [-0.2, -0.15) is 0 Å². The maximum absolute atomic E-state index is 12.8. The van der Waals surface area contributed by atoms with E-state index in [0.717, 1.165) is 12.8 Å². The number of ether oxygens (including phenoxy) is 2. The number of nitrogens with zero attached hydrogens (tertiary/aromatic N) is 1. The average molecular weight is 418 g/mol. The first-order valence-electron chi connectivity index (χ1n) is 10.5. The predicted octanol–water partition coefficient (Wildman–Crippen LogP) is 1.20. The molecule has 1 aromatic rings. The van der Waals surface area contributed by atoms with Gasteiger partial charge in [0.1, 0.15) is 11.8 Å². The molecule has 0 spiro atoms. The van der Waals surface area contributed by atoms with E-state index >= 15 is 0 Å². The number of benzene rings is 1. The maximum Gasteiger partial charge on any atom is 0.251 e. The van der Waals surface area contributed by atoms with Crippen molar-refractivity contribution in [3.63, 3.8) is 0 Å². The van der Waals surface area contributed by atoms with Crippen LogP contribution in [0.25, 0.3) is 0 Å². The molecular weight excluding hydrogens is 386 g/mol. The van der Waals surface area contributed by atoms with Crippen LogP contribution in [0.5, 0.6) is 5.75 Å². The summed E-state index contributed by atoms with van der Waals surface area (Å²) in [6, 6.07) is 6.11. The second-order valence-electron chi connectivity index (χ2n) is 7.90. The lowest BCUT2D eigenvalue weighted by molar-refractivity contribution is -0.134. The molecule has 1 saturated carbocycles. The molecule has 2 N–H and O–H groups in total. The standard InChI is InChI=1S/C22H31N3O5/c1-29-14-11-23-21(27)19(24-20(26)16-5-7-18(30-2)8-6-16)15-9-12-25(13-10-15)22(28)17-3-4-17/h5-8,15,17,19H,3-4,9-14H2,1-2H3,(H,23,27)(H,24,26)/t19-/m1/s1. The fourth-order valence-corrected chi connectivity index (χ4v) is 3.79. The van der Waals surface area contributed by atoms with Gasteiger partial charge in [0.25, 0.3) is 5.91 Å². The molecule has 30 heavy (non-hydrogen) atoms. The van der Waals surface area contributed by atoms with Crippen molar-refractivity contribution in [2.75, 3.05) is 40.5 Å². The smallest absolute Gasteiger partial charge is 0.251 e. The highest BCUT2D eigenvalue weighted by molar-refractivity contribution is 5.97. The van der Waals surface area contributed by atoms with Crippen molar-refractivity contribution in [1.29, 1.82) is 0 Å². The van der Waals surface area contributed by atoms with Crippen LogP contribution < -0.4 is 15.4 Å². The van der Waals surface area contributed by atoms with Crippen molar-refractivity contribution in [3.05, 3.63) is 29.8 Å². The van der Waals surface area contributed by atoms with Crippen LogP contribution >= 0.6 is 0 Å². The Labute approximate surface area is 177 Å². The van der Waals surface area contributed by atoms with E-state index in [4.69, 9.17) is 9.47 Å². The third-order valence-electron chi connectivity index (χ3n) is 5.78. The topological polar surface area (TPSA) is 97.0 Å². The second-order valence-corrected chi connectivity index (χ2v) is 7.90. The van der Waals surface area contributed by atoms with Crippen LogP contribution in [0.15, 0.2) is 24.3 Å². The molecule has 1 aliphatic heterocycles. The quantitative estimate of drug-likeness (QED) is 0.589. The maximum atomic E-state index is 12.8. The summed E-state index contributed by atoms with van der Waals surface area (Å²) in [5.41, 5.74) is 0.465. The van der Waals surface area contributed by atoms with E-state index in [1.165, 1.54) is 0 Å². The van der Waals surface area contributed by atoms with E-state index < -0.39 is 6.04 Å². The van der Waals surface area contributed by atoms with Gasteiger partial charge in [0.05, 0.1) is 13.7 Å². The second kappa shape index (κ2) is 10.4. The van der Waals surface area contributed by atoms with E-state index in [1.54, 1.807) is 38.5 Å². The normalized spacial score (nSPS) is 17.9. The van der Waals surface area contributed by atoms with Gasteiger partial charge in [0.2, 0.25) is 11.8 Å². The van der Waals surface area contributed by atoms with Crippen LogP contribution in [-0.4, -0.2) is 69.1 Å². The Kier molecular flexibility index (Phi) is 7.68. The first-order chi connectivity index (χ1) is 14.5. The summed E-state index contributed by atoms with van der Waals surface area (Å²) in [6.45, 7) is 2.03. The first kappa shape index (κ1) is 22.1. The molecule has 1 heterocycles. The molecule has 0 unspecified atom stereocenters.